The number of rotatable bonds is 3. The molecule has 0 spiro atoms. The Hall–Kier alpha value is -3.61. The van der Waals surface area contributed by atoms with Gasteiger partial charge in [0.1, 0.15) is 0 Å². The normalized spacial score (nSPS) is 10.8. The van der Waals surface area contributed by atoms with Gasteiger partial charge in [-0.2, -0.15) is 5.10 Å². The van der Waals surface area contributed by atoms with Gasteiger partial charge in [0.15, 0.2) is 5.65 Å². The molecule has 0 amide bonds. The van der Waals surface area contributed by atoms with Crippen LogP contribution in [0.3, 0.4) is 0 Å². The summed E-state index contributed by atoms with van der Waals surface area (Å²) in [6.45, 7) is 0. The van der Waals surface area contributed by atoms with Crippen molar-refractivity contribution in [2.45, 2.75) is 0 Å². The fourth-order valence-corrected chi connectivity index (χ4v) is 2.56. The first-order chi connectivity index (χ1) is 11.7. The summed E-state index contributed by atoms with van der Waals surface area (Å²) in [7, 11) is 0. The molecule has 0 aliphatic rings. The zero-order valence-electron chi connectivity index (χ0n) is 12.4. The van der Waals surface area contributed by atoms with E-state index in [1.165, 1.54) is 12.1 Å². The number of aromatic nitrogens is 4. The van der Waals surface area contributed by atoms with Crippen LogP contribution in [0, 0.1) is 10.1 Å². The first-order valence-electron chi connectivity index (χ1n) is 7.22. The molecular weight excluding hydrogens is 306 g/mol. The predicted octanol–water partition coefficient (Wildman–Crippen LogP) is 3.37. The van der Waals surface area contributed by atoms with Crippen molar-refractivity contribution in [2.75, 3.05) is 0 Å². The third kappa shape index (κ3) is 2.38. The number of pyridine rings is 1. The summed E-state index contributed by atoms with van der Waals surface area (Å²) in [6.07, 6.45) is 5.07. The van der Waals surface area contributed by atoms with Crippen LogP contribution >= 0.6 is 0 Å². The van der Waals surface area contributed by atoms with Gasteiger partial charge in [-0.15, -0.1) is 0 Å². The Balaban J connectivity index is 1.89. The minimum Gasteiger partial charge on any atom is -0.265 e. The molecular formula is C17H11N5O2. The zero-order chi connectivity index (χ0) is 16.5. The van der Waals surface area contributed by atoms with E-state index >= 15 is 0 Å². The van der Waals surface area contributed by atoms with E-state index in [-0.39, 0.29) is 5.69 Å². The van der Waals surface area contributed by atoms with Gasteiger partial charge in [0.2, 0.25) is 0 Å². The van der Waals surface area contributed by atoms with Crippen LogP contribution in [0.25, 0.3) is 28.2 Å². The van der Waals surface area contributed by atoms with Crippen molar-refractivity contribution in [3.8, 4) is 22.5 Å². The third-order valence-electron chi connectivity index (χ3n) is 3.69. The minimum absolute atomic E-state index is 0.0407. The van der Waals surface area contributed by atoms with Crippen LogP contribution in [0.1, 0.15) is 0 Å². The van der Waals surface area contributed by atoms with Crippen molar-refractivity contribution in [1.29, 1.82) is 0 Å². The summed E-state index contributed by atoms with van der Waals surface area (Å²) in [4.78, 5) is 18.9. The van der Waals surface area contributed by atoms with Crippen LogP contribution < -0.4 is 0 Å². The lowest BCUT2D eigenvalue weighted by Gasteiger charge is -2.04. The SMILES string of the molecule is O=[N+]([O-])c1cccc(-c2ccnc3cc(-c4ccncc4)nn23)c1. The lowest BCUT2D eigenvalue weighted by atomic mass is 10.1. The highest BCUT2D eigenvalue weighted by Gasteiger charge is 2.12. The quantitative estimate of drug-likeness (QED) is 0.427. The van der Waals surface area contributed by atoms with Gasteiger partial charge in [0, 0.05) is 47.9 Å². The largest absolute Gasteiger partial charge is 0.270 e. The average molecular weight is 317 g/mol. The van der Waals surface area contributed by atoms with Crippen molar-refractivity contribution in [3.05, 3.63) is 77.2 Å². The van der Waals surface area contributed by atoms with Crippen LogP contribution in [0.2, 0.25) is 0 Å². The summed E-state index contributed by atoms with van der Waals surface area (Å²) in [6, 6.07) is 13.9. The summed E-state index contributed by atoms with van der Waals surface area (Å²) in [5, 5.41) is 15.6. The van der Waals surface area contributed by atoms with Gasteiger partial charge < -0.3 is 0 Å². The minimum atomic E-state index is -0.409. The van der Waals surface area contributed by atoms with Crippen LogP contribution in [-0.4, -0.2) is 24.5 Å². The monoisotopic (exact) mass is 317 g/mol. The molecule has 116 valence electrons. The molecule has 0 aliphatic carbocycles. The molecule has 7 heteroatoms. The molecule has 0 saturated carbocycles. The molecule has 7 nitrogen and oxygen atoms in total. The maximum atomic E-state index is 11.0. The van der Waals surface area contributed by atoms with Crippen LogP contribution in [0.5, 0.6) is 0 Å². The predicted molar refractivity (Wildman–Crippen MR) is 88.3 cm³/mol. The number of nitro benzene ring substituents is 1. The number of hydrogen-bond donors (Lipinski definition) is 0. The molecule has 0 aliphatic heterocycles. The molecule has 0 N–H and O–H groups in total. The molecule has 4 rings (SSSR count). The second-order valence-corrected chi connectivity index (χ2v) is 5.17. The molecule has 3 aromatic heterocycles. The average Bonchev–Trinajstić information content (AvgIpc) is 3.07. The van der Waals surface area contributed by atoms with Crippen molar-refractivity contribution in [3.63, 3.8) is 0 Å². The molecule has 0 radical (unpaired) electrons. The smallest absolute Gasteiger partial charge is 0.265 e. The van der Waals surface area contributed by atoms with E-state index in [0.29, 0.717) is 11.2 Å². The van der Waals surface area contributed by atoms with Gasteiger partial charge in [0.25, 0.3) is 5.69 Å². The summed E-state index contributed by atoms with van der Waals surface area (Å²) >= 11 is 0. The van der Waals surface area contributed by atoms with Crippen LogP contribution in [0.4, 0.5) is 5.69 Å². The second kappa shape index (κ2) is 5.54. The van der Waals surface area contributed by atoms with Crippen molar-refractivity contribution < 1.29 is 4.92 Å². The molecule has 0 fully saturated rings. The highest BCUT2D eigenvalue weighted by Crippen LogP contribution is 2.26. The lowest BCUT2D eigenvalue weighted by Crippen LogP contribution is -1.96. The van der Waals surface area contributed by atoms with Crippen molar-refractivity contribution >= 4 is 11.3 Å². The van der Waals surface area contributed by atoms with E-state index in [4.69, 9.17) is 0 Å². The molecule has 0 saturated heterocycles. The Bertz CT molecular complexity index is 1040. The van der Waals surface area contributed by atoms with Crippen molar-refractivity contribution in [2.24, 2.45) is 0 Å². The third-order valence-corrected chi connectivity index (χ3v) is 3.69. The Morgan fingerprint density at radius 1 is 0.958 bits per heavy atom. The maximum Gasteiger partial charge on any atom is 0.270 e. The number of fused-ring (bicyclic) bond motifs is 1. The molecule has 24 heavy (non-hydrogen) atoms. The number of benzene rings is 1. The first-order valence-corrected chi connectivity index (χ1v) is 7.22. The van der Waals surface area contributed by atoms with Gasteiger partial charge in [-0.25, -0.2) is 9.50 Å². The van der Waals surface area contributed by atoms with Gasteiger partial charge in [-0.3, -0.25) is 15.1 Å². The van der Waals surface area contributed by atoms with E-state index < -0.39 is 4.92 Å². The van der Waals surface area contributed by atoms with E-state index in [0.717, 1.165) is 17.0 Å². The number of nitrogens with zero attached hydrogens (tertiary/aromatic N) is 5. The van der Waals surface area contributed by atoms with Crippen LogP contribution in [0.15, 0.2) is 67.1 Å². The summed E-state index contributed by atoms with van der Waals surface area (Å²) < 4.78 is 1.69. The fraction of sp³-hybridized carbons (Fsp3) is 0. The number of nitro groups is 1. The highest BCUT2D eigenvalue weighted by atomic mass is 16.6. The number of hydrogen-bond acceptors (Lipinski definition) is 5. The van der Waals surface area contributed by atoms with E-state index in [1.807, 2.05) is 24.3 Å². The Morgan fingerprint density at radius 3 is 2.58 bits per heavy atom. The standard InChI is InChI=1S/C17H11N5O2/c23-22(24)14-3-1-2-13(10-14)16-6-9-19-17-11-15(20-21(16)17)12-4-7-18-8-5-12/h1-11H. The van der Waals surface area contributed by atoms with Gasteiger partial charge >= 0.3 is 0 Å². The van der Waals surface area contributed by atoms with E-state index in [2.05, 4.69) is 15.1 Å². The van der Waals surface area contributed by atoms with Gasteiger partial charge in [-0.05, 0) is 18.2 Å². The van der Waals surface area contributed by atoms with Gasteiger partial charge in [-0.1, -0.05) is 12.1 Å². The highest BCUT2D eigenvalue weighted by molar-refractivity contribution is 5.69. The van der Waals surface area contributed by atoms with E-state index in [9.17, 15) is 10.1 Å². The second-order valence-electron chi connectivity index (χ2n) is 5.17. The summed E-state index contributed by atoms with van der Waals surface area (Å²) in [5.41, 5.74) is 3.86. The molecule has 1 aromatic carbocycles. The zero-order valence-corrected chi connectivity index (χ0v) is 12.4. The maximum absolute atomic E-state index is 11.0. The first kappa shape index (κ1) is 14.0. The molecule has 0 bridgehead atoms. The van der Waals surface area contributed by atoms with Crippen molar-refractivity contribution in [1.82, 2.24) is 19.6 Å². The Kier molecular flexibility index (Phi) is 3.24. The summed E-state index contributed by atoms with van der Waals surface area (Å²) in [5.74, 6) is 0. The molecule has 3 heterocycles. The van der Waals surface area contributed by atoms with Crippen LogP contribution in [-0.2, 0) is 0 Å². The Labute approximate surface area is 136 Å². The van der Waals surface area contributed by atoms with Gasteiger partial charge in [0.05, 0.1) is 16.3 Å². The molecule has 0 atom stereocenters. The molecule has 4 aromatic rings. The lowest BCUT2D eigenvalue weighted by molar-refractivity contribution is -0.384. The number of non-ortho nitro benzene ring substituents is 1. The van der Waals surface area contributed by atoms with E-state index in [1.54, 1.807) is 35.2 Å². The molecule has 0 unspecified atom stereocenters. The fourth-order valence-electron chi connectivity index (χ4n) is 2.56. The topological polar surface area (TPSA) is 86.2 Å². The Morgan fingerprint density at radius 2 is 1.79 bits per heavy atom.